The van der Waals surface area contributed by atoms with Gasteiger partial charge in [0, 0.05) is 12.1 Å². The molecule has 0 bridgehead atoms. The third kappa shape index (κ3) is 2.84. The monoisotopic (exact) mass is 285 g/mol. The minimum Gasteiger partial charge on any atom is -0.397 e. The molecule has 2 aromatic carbocycles. The van der Waals surface area contributed by atoms with E-state index in [9.17, 15) is 0 Å². The topological polar surface area (TPSA) is 96.1 Å². The molecule has 1 heterocycles. The minimum atomic E-state index is -1.75. The van der Waals surface area contributed by atoms with Gasteiger partial charge in [-0.15, -0.1) is 0 Å². The van der Waals surface area contributed by atoms with Crippen molar-refractivity contribution in [3.05, 3.63) is 63.9 Å². The van der Waals surface area contributed by atoms with Gasteiger partial charge in [-0.1, -0.05) is 24.3 Å². The summed E-state index contributed by atoms with van der Waals surface area (Å²) in [6, 6.07) is 16.6. The van der Waals surface area contributed by atoms with Crippen LogP contribution < -0.4 is 10.3 Å². The molecule has 6 nitrogen and oxygen atoms in total. The molecule has 21 heavy (non-hydrogen) atoms. The second kappa shape index (κ2) is 6.04. The highest BCUT2D eigenvalue weighted by atomic mass is 16.9. The van der Waals surface area contributed by atoms with Crippen LogP contribution in [-0.2, 0) is 6.54 Å². The number of aromatic nitrogens is 1. The van der Waals surface area contributed by atoms with Gasteiger partial charge in [-0.3, -0.25) is 0 Å². The number of fused-ring (bicyclic) bond motifs is 2. The number of aryl methyl sites for hydroxylation is 1. The molecule has 0 radical (unpaired) electrons. The van der Waals surface area contributed by atoms with Crippen molar-refractivity contribution in [2.75, 3.05) is 5.73 Å². The molecule has 0 saturated heterocycles. The predicted molar refractivity (Wildman–Crippen MR) is 82.1 cm³/mol. The van der Waals surface area contributed by atoms with Crippen LogP contribution in [0.15, 0.2) is 48.5 Å². The van der Waals surface area contributed by atoms with Gasteiger partial charge >= 0.3 is 0 Å². The molecule has 0 atom stereocenters. The molecule has 2 N–H and O–H groups in total. The van der Waals surface area contributed by atoms with Crippen molar-refractivity contribution < 1.29 is 9.65 Å². The third-order valence-electron chi connectivity index (χ3n) is 3.29. The number of anilines is 1. The largest absolute Gasteiger partial charge is 0.397 e. The summed E-state index contributed by atoms with van der Waals surface area (Å²) in [5.74, 6) is 0. The second-order valence-corrected chi connectivity index (χ2v) is 4.42. The minimum absolute atomic E-state index is 0.876. The zero-order valence-electron chi connectivity index (χ0n) is 11.5. The highest BCUT2D eigenvalue weighted by Crippen LogP contribution is 2.26. The molecule has 1 aromatic heterocycles. The number of para-hydroxylation sites is 2. The summed E-state index contributed by atoms with van der Waals surface area (Å²) in [6.07, 6.45) is 0. The Hall–Kier alpha value is -2.89. The maximum Gasteiger partial charge on any atom is 0.215 e. The van der Waals surface area contributed by atoms with E-state index in [-0.39, 0.29) is 0 Å². The van der Waals surface area contributed by atoms with Gasteiger partial charge in [0.2, 0.25) is 11.0 Å². The third-order valence-corrected chi connectivity index (χ3v) is 3.29. The summed E-state index contributed by atoms with van der Waals surface area (Å²) in [5.41, 5.74) is 9.54. The lowest BCUT2D eigenvalue weighted by atomic mass is 10.1. The highest BCUT2D eigenvalue weighted by Gasteiger charge is 2.16. The van der Waals surface area contributed by atoms with Gasteiger partial charge < -0.3 is 21.1 Å². The molecule has 0 aliphatic heterocycles. The van der Waals surface area contributed by atoms with E-state index >= 15 is 0 Å². The molecule has 0 spiro atoms. The quantitative estimate of drug-likeness (QED) is 0.322. The van der Waals surface area contributed by atoms with Crippen molar-refractivity contribution in [3.8, 4) is 0 Å². The standard InChI is InChI=1S/C15H14N2.NO3/c1-2-17-13-9-5-3-7-11(13)15(16)12-8-4-6-10-14(12)17;2-1(3)4/h3-10,16H,2H2,1H3;/q;-1/p+1. The maximum absolute atomic E-state index is 8.25. The fraction of sp³-hybridized carbons (Fsp3) is 0.133. The molecule has 0 aliphatic rings. The summed E-state index contributed by atoms with van der Waals surface area (Å²) in [5, 5.41) is 17.0. The molecule has 0 unspecified atom stereocenters. The van der Waals surface area contributed by atoms with Gasteiger partial charge in [-0.05, 0) is 19.1 Å². The molecule has 0 saturated carbocycles. The smallest absolute Gasteiger partial charge is 0.215 e. The summed E-state index contributed by atoms with van der Waals surface area (Å²) < 4.78 is 2.31. The molecular formula is C15H15N3O3. The van der Waals surface area contributed by atoms with E-state index in [1.807, 2.05) is 12.1 Å². The maximum atomic E-state index is 8.25. The van der Waals surface area contributed by atoms with Crippen molar-refractivity contribution in [1.29, 1.82) is 0 Å². The Labute approximate surface area is 121 Å². The average molecular weight is 285 g/mol. The first-order chi connectivity index (χ1) is 10.1. The number of pyridine rings is 1. The van der Waals surface area contributed by atoms with Gasteiger partial charge in [0.1, 0.15) is 6.54 Å². The van der Waals surface area contributed by atoms with Crippen molar-refractivity contribution in [1.82, 2.24) is 0 Å². The molecule has 0 aliphatic carbocycles. The number of hydrogen-bond acceptors (Lipinski definition) is 4. The van der Waals surface area contributed by atoms with Gasteiger partial charge in [0.25, 0.3) is 0 Å². The second-order valence-electron chi connectivity index (χ2n) is 4.42. The Morgan fingerprint density at radius 1 is 1.00 bits per heavy atom. The Morgan fingerprint density at radius 3 is 1.76 bits per heavy atom. The van der Waals surface area contributed by atoms with Crippen LogP contribution in [0.2, 0.25) is 0 Å². The number of nitrogens with two attached hydrogens (primary N) is 1. The molecular weight excluding hydrogens is 270 g/mol. The van der Waals surface area contributed by atoms with E-state index in [4.69, 9.17) is 21.1 Å². The molecule has 0 amide bonds. The van der Waals surface area contributed by atoms with Crippen molar-refractivity contribution in [2.24, 2.45) is 0 Å². The van der Waals surface area contributed by atoms with Gasteiger partial charge in [0.05, 0.1) is 21.5 Å². The molecule has 0 fully saturated rings. The van der Waals surface area contributed by atoms with Crippen molar-refractivity contribution >= 4 is 27.5 Å². The summed E-state index contributed by atoms with van der Waals surface area (Å²) >= 11 is 0. The van der Waals surface area contributed by atoms with Crippen molar-refractivity contribution in [2.45, 2.75) is 13.5 Å². The van der Waals surface area contributed by atoms with Gasteiger partial charge in [0.15, 0.2) is 0 Å². The van der Waals surface area contributed by atoms with Crippen LogP contribution in [0.25, 0.3) is 21.8 Å². The molecule has 3 aromatic rings. The van der Waals surface area contributed by atoms with Crippen LogP contribution in [0.4, 0.5) is 5.69 Å². The fourth-order valence-electron chi connectivity index (χ4n) is 2.49. The molecule has 6 heteroatoms. The van der Waals surface area contributed by atoms with Gasteiger partial charge in [-0.2, -0.15) is 4.57 Å². The Balaban J connectivity index is 0.000000361. The van der Waals surface area contributed by atoms with E-state index < -0.39 is 5.09 Å². The average Bonchev–Trinajstić information content (AvgIpc) is 2.48. The lowest BCUT2D eigenvalue weighted by Gasteiger charge is -2.07. The number of benzene rings is 2. The van der Waals surface area contributed by atoms with Crippen LogP contribution in [0.1, 0.15) is 6.92 Å². The first-order valence-electron chi connectivity index (χ1n) is 6.46. The van der Waals surface area contributed by atoms with Crippen LogP contribution >= 0.6 is 0 Å². The highest BCUT2D eigenvalue weighted by molar-refractivity contribution is 6.03. The number of rotatable bonds is 1. The number of nitrogens with zero attached hydrogens (tertiary/aromatic N) is 2. The Kier molecular flexibility index (Phi) is 4.18. The zero-order valence-corrected chi connectivity index (χ0v) is 11.5. The normalized spacial score (nSPS) is 10.1. The Bertz CT molecular complexity index is 742. The summed E-state index contributed by atoms with van der Waals surface area (Å²) in [4.78, 5) is 8.25. The van der Waals surface area contributed by atoms with E-state index in [0.717, 1.165) is 23.0 Å². The van der Waals surface area contributed by atoms with Gasteiger partial charge in [-0.25, -0.2) is 0 Å². The van der Waals surface area contributed by atoms with E-state index in [1.165, 1.54) is 11.0 Å². The number of hydrogen-bond donors (Lipinski definition) is 1. The van der Waals surface area contributed by atoms with Crippen LogP contribution in [0.3, 0.4) is 0 Å². The Morgan fingerprint density at radius 2 is 1.38 bits per heavy atom. The summed E-state index contributed by atoms with van der Waals surface area (Å²) in [7, 11) is 0. The zero-order chi connectivity index (χ0) is 15.4. The summed E-state index contributed by atoms with van der Waals surface area (Å²) in [6.45, 7) is 3.11. The van der Waals surface area contributed by atoms with Crippen LogP contribution in [0.5, 0.6) is 0 Å². The van der Waals surface area contributed by atoms with E-state index in [1.54, 1.807) is 0 Å². The van der Waals surface area contributed by atoms with E-state index in [0.29, 0.717) is 0 Å². The van der Waals surface area contributed by atoms with Crippen LogP contribution in [0, 0.1) is 15.3 Å². The fourth-order valence-corrected chi connectivity index (χ4v) is 2.49. The lowest BCUT2D eigenvalue weighted by molar-refractivity contribution is -0.641. The SMILES string of the molecule is CC[n+]1c2ccccc2c(N)c2ccccc21.O=[N+]([O-])[O-]. The molecule has 3 rings (SSSR count). The number of nitrogen functional groups attached to an aromatic ring is 1. The molecule has 108 valence electrons. The van der Waals surface area contributed by atoms with Crippen molar-refractivity contribution in [3.63, 3.8) is 0 Å². The van der Waals surface area contributed by atoms with E-state index in [2.05, 4.69) is 47.9 Å². The van der Waals surface area contributed by atoms with Crippen LogP contribution in [-0.4, -0.2) is 5.09 Å². The lowest BCUT2D eigenvalue weighted by Crippen LogP contribution is -2.34. The first kappa shape index (κ1) is 14.5. The predicted octanol–water partition coefficient (Wildman–Crippen LogP) is 2.64. The first-order valence-corrected chi connectivity index (χ1v) is 6.46.